The Kier molecular flexibility index (Phi) is 10.0. The van der Waals surface area contributed by atoms with Gasteiger partial charge in [0.2, 0.25) is 5.91 Å². The van der Waals surface area contributed by atoms with E-state index in [0.717, 1.165) is 31.2 Å². The molecule has 1 saturated carbocycles. The van der Waals surface area contributed by atoms with Crippen molar-refractivity contribution in [3.63, 3.8) is 0 Å². The number of nitrogens with zero attached hydrogens (tertiary/aromatic N) is 2. The van der Waals surface area contributed by atoms with Gasteiger partial charge in [0.05, 0.1) is 17.2 Å². The molecular formula is C32H37F7N2O3. The van der Waals surface area contributed by atoms with Crippen LogP contribution >= 0.6 is 0 Å². The molecule has 5 nitrogen and oxygen atoms in total. The van der Waals surface area contributed by atoms with E-state index in [1.165, 1.54) is 31.0 Å². The van der Waals surface area contributed by atoms with Gasteiger partial charge < -0.3 is 10.0 Å². The first-order valence-electron chi connectivity index (χ1n) is 14.7. The number of aryl methyl sites for hydroxylation is 1. The number of aliphatic carboxylic acids is 1. The summed E-state index contributed by atoms with van der Waals surface area (Å²) in [6.45, 7) is 4.15. The number of alkyl halides is 6. The molecule has 0 unspecified atom stereocenters. The van der Waals surface area contributed by atoms with E-state index >= 15 is 0 Å². The average molecular weight is 631 g/mol. The van der Waals surface area contributed by atoms with Gasteiger partial charge in [0.1, 0.15) is 5.82 Å². The fourth-order valence-electron chi connectivity index (χ4n) is 6.83. The van der Waals surface area contributed by atoms with Crippen molar-refractivity contribution in [2.75, 3.05) is 20.1 Å². The number of rotatable bonds is 7. The highest BCUT2D eigenvalue weighted by Crippen LogP contribution is 2.42. The van der Waals surface area contributed by atoms with Crippen LogP contribution in [-0.4, -0.2) is 53.0 Å². The lowest BCUT2D eigenvalue weighted by atomic mass is 9.76. The number of hydrogen-bond acceptors (Lipinski definition) is 3. The molecule has 12 heteroatoms. The Labute approximate surface area is 252 Å². The van der Waals surface area contributed by atoms with E-state index in [0.29, 0.717) is 37.2 Å². The van der Waals surface area contributed by atoms with E-state index in [2.05, 4.69) is 4.90 Å². The number of amides is 1. The highest BCUT2D eigenvalue weighted by molar-refractivity contribution is 5.80. The third-order valence-electron chi connectivity index (χ3n) is 9.41. The van der Waals surface area contributed by atoms with Gasteiger partial charge in [-0.3, -0.25) is 14.5 Å². The zero-order chi connectivity index (χ0) is 32.6. The molecule has 4 rings (SSSR count). The van der Waals surface area contributed by atoms with Crippen molar-refractivity contribution < 1.29 is 45.4 Å². The molecule has 0 radical (unpaired) electrons. The maximum absolute atomic E-state index is 14.0. The minimum Gasteiger partial charge on any atom is -0.481 e. The Bertz CT molecular complexity index is 1320. The number of benzene rings is 2. The second-order valence-electron chi connectivity index (χ2n) is 12.2. The highest BCUT2D eigenvalue weighted by atomic mass is 19.4. The summed E-state index contributed by atoms with van der Waals surface area (Å²) in [5.41, 5.74) is -1.77. The van der Waals surface area contributed by atoms with Gasteiger partial charge in [-0.1, -0.05) is 6.07 Å². The zero-order valence-electron chi connectivity index (χ0n) is 24.8. The first-order valence-corrected chi connectivity index (χ1v) is 14.7. The minimum atomic E-state index is -5.01. The number of carboxylic acids is 1. The van der Waals surface area contributed by atoms with E-state index in [-0.39, 0.29) is 30.0 Å². The van der Waals surface area contributed by atoms with Crippen LogP contribution in [0.25, 0.3) is 0 Å². The topological polar surface area (TPSA) is 60.9 Å². The number of likely N-dealkylation sites (tertiary alicyclic amines) is 1. The molecule has 1 saturated heterocycles. The largest absolute Gasteiger partial charge is 0.481 e. The van der Waals surface area contributed by atoms with Gasteiger partial charge in [-0.15, -0.1) is 0 Å². The molecule has 2 fully saturated rings. The number of carbonyl (C=O) groups is 2. The van der Waals surface area contributed by atoms with Gasteiger partial charge in [0.15, 0.2) is 0 Å². The third-order valence-corrected chi connectivity index (χ3v) is 9.41. The van der Waals surface area contributed by atoms with Crippen molar-refractivity contribution in [1.29, 1.82) is 0 Å². The van der Waals surface area contributed by atoms with Crippen LogP contribution in [0.15, 0.2) is 36.4 Å². The van der Waals surface area contributed by atoms with Gasteiger partial charge in [-0.05, 0) is 105 Å². The van der Waals surface area contributed by atoms with Gasteiger partial charge >= 0.3 is 18.3 Å². The maximum atomic E-state index is 14.0. The summed E-state index contributed by atoms with van der Waals surface area (Å²) in [5, 5.41) is 9.15. The van der Waals surface area contributed by atoms with Crippen LogP contribution in [0.3, 0.4) is 0 Å². The van der Waals surface area contributed by atoms with Gasteiger partial charge in [0.25, 0.3) is 0 Å². The van der Waals surface area contributed by atoms with Crippen molar-refractivity contribution in [2.45, 2.75) is 82.7 Å². The number of halogens is 7. The third kappa shape index (κ3) is 7.73. The van der Waals surface area contributed by atoms with Crippen molar-refractivity contribution in [3.8, 4) is 0 Å². The summed E-state index contributed by atoms with van der Waals surface area (Å²) in [5.74, 6) is -2.59. The lowest BCUT2D eigenvalue weighted by Crippen LogP contribution is -2.50. The van der Waals surface area contributed by atoms with Crippen LogP contribution in [0, 0.1) is 24.6 Å². The summed E-state index contributed by atoms with van der Waals surface area (Å²) < 4.78 is 95.1. The molecule has 2 aromatic rings. The molecule has 242 valence electrons. The Morgan fingerprint density at radius 3 is 2.07 bits per heavy atom. The predicted molar refractivity (Wildman–Crippen MR) is 149 cm³/mol. The van der Waals surface area contributed by atoms with E-state index in [4.69, 9.17) is 5.11 Å². The van der Waals surface area contributed by atoms with Gasteiger partial charge in [-0.2, -0.15) is 26.3 Å². The number of carboxylic acid groups (broad SMARTS) is 1. The van der Waals surface area contributed by atoms with Crippen LogP contribution in [0.5, 0.6) is 0 Å². The fraction of sp³-hybridized carbons (Fsp3) is 0.562. The minimum absolute atomic E-state index is 0.0657. The zero-order valence-corrected chi connectivity index (χ0v) is 24.8. The lowest BCUT2D eigenvalue weighted by Gasteiger charge is -2.45. The Morgan fingerprint density at radius 1 is 0.955 bits per heavy atom. The molecule has 1 aliphatic carbocycles. The average Bonchev–Trinajstić information content (AvgIpc) is 2.94. The summed E-state index contributed by atoms with van der Waals surface area (Å²) in [7, 11) is 1.38. The normalized spacial score (nSPS) is 24.1. The Hall–Kier alpha value is -3.15. The quantitative estimate of drug-likeness (QED) is 0.317. The first-order chi connectivity index (χ1) is 20.5. The lowest BCUT2D eigenvalue weighted by molar-refractivity contribution is -0.143. The summed E-state index contributed by atoms with van der Waals surface area (Å²) in [6.07, 6.45) is -6.35. The summed E-state index contributed by atoms with van der Waals surface area (Å²) in [4.78, 5) is 28.6. The predicted octanol–water partition coefficient (Wildman–Crippen LogP) is 7.83. The highest BCUT2D eigenvalue weighted by Gasteiger charge is 2.42. The SMILES string of the molecule is Cc1cc(F)ccc1[C@H]1CN(C2CCC(CC(=O)O)CC2)CC[C@@H]1C(=O)N(C)[C@@H](C)c1cc(C(F)(F)F)cc(C(F)(F)F)c1. The van der Waals surface area contributed by atoms with Crippen molar-refractivity contribution in [2.24, 2.45) is 11.8 Å². The molecule has 0 spiro atoms. The van der Waals surface area contributed by atoms with Crippen molar-refractivity contribution in [3.05, 3.63) is 70.0 Å². The number of hydrogen-bond donors (Lipinski definition) is 1. The maximum Gasteiger partial charge on any atom is 0.416 e. The van der Waals surface area contributed by atoms with Crippen LogP contribution in [-0.2, 0) is 21.9 Å². The van der Waals surface area contributed by atoms with Crippen LogP contribution in [0.4, 0.5) is 30.7 Å². The second kappa shape index (κ2) is 13.1. The standard InChI is InChI=1S/C32H37F7N2O3/c1-18-12-24(33)6-9-26(18)28-17-41(25-7-4-20(5-8-25)13-29(42)43)11-10-27(28)30(44)40(3)19(2)21-14-22(31(34,35)36)16-23(15-21)32(37,38)39/h6,9,12,14-16,19-20,25,27-28H,4-5,7-8,10-11,13,17H2,1-3H3,(H,42,43)/t19-,20?,25?,27-,28+/m0/s1. The smallest absolute Gasteiger partial charge is 0.416 e. The molecule has 0 aromatic heterocycles. The molecule has 1 heterocycles. The second-order valence-corrected chi connectivity index (χ2v) is 12.2. The first kappa shape index (κ1) is 33.7. The van der Waals surface area contributed by atoms with Crippen molar-refractivity contribution >= 4 is 11.9 Å². The fourth-order valence-corrected chi connectivity index (χ4v) is 6.83. The molecule has 3 atom stereocenters. The number of piperidine rings is 1. The van der Waals surface area contributed by atoms with Crippen LogP contribution in [0.1, 0.15) is 85.2 Å². The van der Waals surface area contributed by atoms with E-state index < -0.39 is 59.1 Å². The summed E-state index contributed by atoms with van der Waals surface area (Å²) in [6, 6.07) is 4.77. The van der Waals surface area contributed by atoms with Crippen LogP contribution in [0.2, 0.25) is 0 Å². The van der Waals surface area contributed by atoms with E-state index in [1.54, 1.807) is 13.0 Å². The molecular weight excluding hydrogens is 593 g/mol. The van der Waals surface area contributed by atoms with E-state index in [1.807, 2.05) is 0 Å². The van der Waals surface area contributed by atoms with E-state index in [9.17, 15) is 40.3 Å². The molecule has 1 aliphatic heterocycles. The molecule has 1 amide bonds. The molecule has 2 aromatic carbocycles. The monoisotopic (exact) mass is 630 g/mol. The molecule has 0 bridgehead atoms. The Morgan fingerprint density at radius 2 is 1.55 bits per heavy atom. The van der Waals surface area contributed by atoms with Gasteiger partial charge in [-0.25, -0.2) is 4.39 Å². The van der Waals surface area contributed by atoms with Crippen LogP contribution < -0.4 is 0 Å². The molecule has 44 heavy (non-hydrogen) atoms. The summed E-state index contributed by atoms with van der Waals surface area (Å²) >= 11 is 0. The van der Waals surface area contributed by atoms with Crippen molar-refractivity contribution in [1.82, 2.24) is 9.80 Å². The number of carbonyl (C=O) groups excluding carboxylic acids is 1. The molecule has 1 N–H and O–H groups in total. The Balaban J connectivity index is 1.60. The molecule has 2 aliphatic rings. The van der Waals surface area contributed by atoms with Gasteiger partial charge in [0, 0.05) is 37.9 Å².